The average molecular weight is 399 g/mol. The highest BCUT2D eigenvalue weighted by Crippen LogP contribution is 2.29. The third-order valence-corrected chi connectivity index (χ3v) is 5.86. The van der Waals surface area contributed by atoms with Crippen molar-refractivity contribution in [3.05, 3.63) is 113 Å². The fourth-order valence-corrected chi connectivity index (χ4v) is 4.26. The summed E-state index contributed by atoms with van der Waals surface area (Å²) in [5.74, 6) is 0.0487. The summed E-state index contributed by atoms with van der Waals surface area (Å²) in [5, 5.41) is 2.92. The number of benzene rings is 3. The summed E-state index contributed by atoms with van der Waals surface area (Å²) < 4.78 is 0. The third kappa shape index (κ3) is 4.44. The molecule has 3 nitrogen and oxygen atoms in total. The van der Waals surface area contributed by atoms with Crippen molar-refractivity contribution in [3.8, 4) is 10.6 Å². The van der Waals surface area contributed by atoms with E-state index in [0.29, 0.717) is 0 Å². The van der Waals surface area contributed by atoms with Gasteiger partial charge in [0, 0.05) is 18.0 Å². The smallest absolute Gasteiger partial charge is 0.229 e. The lowest BCUT2D eigenvalue weighted by Crippen LogP contribution is -2.33. The molecule has 4 rings (SSSR count). The van der Waals surface area contributed by atoms with E-state index >= 15 is 0 Å². The predicted octanol–water partition coefficient (Wildman–Crippen LogP) is 5.60. The Hall–Kier alpha value is -3.24. The second-order valence-corrected chi connectivity index (χ2v) is 7.77. The molecular weight excluding hydrogens is 376 g/mol. The van der Waals surface area contributed by atoms with Crippen LogP contribution in [0.25, 0.3) is 10.6 Å². The van der Waals surface area contributed by atoms with Crippen LogP contribution in [0.2, 0.25) is 0 Å². The van der Waals surface area contributed by atoms with E-state index in [1.807, 2.05) is 84.1 Å². The maximum Gasteiger partial charge on any atom is 0.229 e. The van der Waals surface area contributed by atoms with Gasteiger partial charge in [0.25, 0.3) is 0 Å². The molecule has 1 heterocycles. The Bertz CT molecular complexity index is 1020. The molecule has 0 N–H and O–H groups in total. The van der Waals surface area contributed by atoms with E-state index in [1.54, 1.807) is 11.3 Å². The van der Waals surface area contributed by atoms with Crippen LogP contribution < -0.4 is 0 Å². The number of hydrogen-bond donors (Lipinski definition) is 0. The molecule has 0 atom stereocenters. The number of hydrogen-bond acceptors (Lipinski definition) is 3. The fourth-order valence-electron chi connectivity index (χ4n) is 3.44. The summed E-state index contributed by atoms with van der Waals surface area (Å²) in [5.41, 5.74) is 4.08. The molecule has 4 aromatic rings. The van der Waals surface area contributed by atoms with Crippen molar-refractivity contribution in [3.63, 3.8) is 0 Å². The first kappa shape index (κ1) is 19.1. The van der Waals surface area contributed by atoms with Gasteiger partial charge in [0.15, 0.2) is 0 Å². The van der Waals surface area contributed by atoms with Crippen LogP contribution in [0.4, 0.5) is 0 Å². The van der Waals surface area contributed by atoms with Crippen molar-refractivity contribution < 1.29 is 4.79 Å². The topological polar surface area (TPSA) is 33.2 Å². The average Bonchev–Trinajstić information content (AvgIpc) is 3.24. The maximum atomic E-state index is 13.1. The lowest BCUT2D eigenvalue weighted by molar-refractivity contribution is -0.130. The molecule has 0 aliphatic heterocycles. The Balaban J connectivity index is 1.56. The zero-order valence-electron chi connectivity index (χ0n) is 16.2. The van der Waals surface area contributed by atoms with Gasteiger partial charge in [-0.25, -0.2) is 4.98 Å². The Labute approximate surface area is 175 Å². The molecule has 0 bridgehead atoms. The van der Waals surface area contributed by atoms with E-state index in [-0.39, 0.29) is 18.4 Å². The van der Waals surface area contributed by atoms with E-state index in [0.717, 1.165) is 27.4 Å². The molecule has 0 fully saturated rings. The van der Waals surface area contributed by atoms with Gasteiger partial charge in [0.2, 0.25) is 5.91 Å². The van der Waals surface area contributed by atoms with Crippen LogP contribution in [0, 0.1) is 0 Å². The first-order chi connectivity index (χ1) is 14.2. The molecule has 0 radical (unpaired) electrons. The molecule has 0 spiro atoms. The van der Waals surface area contributed by atoms with E-state index in [4.69, 9.17) is 0 Å². The number of nitrogens with zero attached hydrogens (tertiary/aromatic N) is 2. The van der Waals surface area contributed by atoms with E-state index in [9.17, 15) is 4.79 Å². The molecule has 0 aliphatic carbocycles. The second kappa shape index (κ2) is 8.84. The summed E-state index contributed by atoms with van der Waals surface area (Å²) in [6, 6.07) is 30.2. The molecule has 1 amide bonds. The second-order valence-electron chi connectivity index (χ2n) is 6.92. The molecule has 0 aliphatic rings. The molecule has 144 valence electrons. The lowest BCUT2D eigenvalue weighted by Gasteiger charge is -2.29. The first-order valence-electron chi connectivity index (χ1n) is 9.58. The summed E-state index contributed by atoms with van der Waals surface area (Å²) in [6.45, 7) is 0. The number of carbonyl (C=O) groups is 1. The SMILES string of the molecule is CN(C(=O)Cc1csc(-c2ccccc2)n1)C(c1ccccc1)c1ccccc1. The van der Waals surface area contributed by atoms with Gasteiger partial charge in [-0.15, -0.1) is 11.3 Å². The fraction of sp³-hybridized carbons (Fsp3) is 0.120. The number of amides is 1. The van der Waals surface area contributed by atoms with Gasteiger partial charge in [0.05, 0.1) is 18.2 Å². The standard InChI is InChI=1S/C25H22N2OS/c1-27(24(19-11-5-2-6-12-19)20-13-7-3-8-14-20)23(28)17-22-18-29-25(26-22)21-15-9-4-10-16-21/h2-16,18,24H,17H2,1H3. The first-order valence-corrected chi connectivity index (χ1v) is 10.5. The third-order valence-electron chi connectivity index (χ3n) is 4.92. The normalized spacial score (nSPS) is 10.8. The van der Waals surface area contributed by atoms with Gasteiger partial charge < -0.3 is 4.90 Å². The van der Waals surface area contributed by atoms with Crippen LogP contribution in [0.15, 0.2) is 96.4 Å². The minimum atomic E-state index is -0.128. The molecule has 3 aromatic carbocycles. The highest BCUT2D eigenvalue weighted by molar-refractivity contribution is 7.13. The summed E-state index contributed by atoms with van der Waals surface area (Å²) in [4.78, 5) is 19.6. The summed E-state index contributed by atoms with van der Waals surface area (Å²) in [7, 11) is 1.87. The zero-order chi connectivity index (χ0) is 20.1. The molecule has 0 saturated heterocycles. The van der Waals surface area contributed by atoms with Crippen molar-refractivity contribution in [2.24, 2.45) is 0 Å². The number of carbonyl (C=O) groups excluding carboxylic acids is 1. The monoisotopic (exact) mass is 398 g/mol. The van der Waals surface area contributed by atoms with E-state index < -0.39 is 0 Å². The van der Waals surface area contributed by atoms with Crippen molar-refractivity contribution in [2.75, 3.05) is 7.05 Å². The minimum Gasteiger partial charge on any atom is -0.334 e. The van der Waals surface area contributed by atoms with Crippen LogP contribution in [0.1, 0.15) is 22.9 Å². The number of likely N-dealkylation sites (N-methyl/N-ethyl adjacent to an activating group) is 1. The quantitative estimate of drug-likeness (QED) is 0.423. The summed E-state index contributed by atoms with van der Waals surface area (Å²) >= 11 is 1.58. The van der Waals surface area contributed by atoms with Crippen molar-refractivity contribution >= 4 is 17.2 Å². The van der Waals surface area contributed by atoms with Gasteiger partial charge in [-0.05, 0) is 11.1 Å². The Morgan fingerprint density at radius 2 is 1.38 bits per heavy atom. The zero-order valence-corrected chi connectivity index (χ0v) is 17.0. The van der Waals surface area contributed by atoms with Crippen LogP contribution >= 0.6 is 11.3 Å². The molecular formula is C25H22N2OS. The van der Waals surface area contributed by atoms with Gasteiger partial charge in [-0.2, -0.15) is 0 Å². The number of aromatic nitrogens is 1. The van der Waals surface area contributed by atoms with Gasteiger partial charge in [-0.1, -0.05) is 91.0 Å². The molecule has 0 saturated carbocycles. The lowest BCUT2D eigenvalue weighted by atomic mass is 9.97. The summed E-state index contributed by atoms with van der Waals surface area (Å²) in [6.07, 6.45) is 0.288. The predicted molar refractivity (Wildman–Crippen MR) is 119 cm³/mol. The highest BCUT2D eigenvalue weighted by atomic mass is 32.1. The van der Waals surface area contributed by atoms with Crippen LogP contribution in [0.5, 0.6) is 0 Å². The van der Waals surface area contributed by atoms with E-state index in [1.165, 1.54) is 0 Å². The van der Waals surface area contributed by atoms with Crippen LogP contribution in [0.3, 0.4) is 0 Å². The van der Waals surface area contributed by atoms with Gasteiger partial charge >= 0.3 is 0 Å². The molecule has 1 aromatic heterocycles. The Morgan fingerprint density at radius 1 is 0.862 bits per heavy atom. The molecule has 4 heteroatoms. The minimum absolute atomic E-state index is 0.0487. The molecule has 29 heavy (non-hydrogen) atoms. The Kier molecular flexibility index (Phi) is 5.82. The van der Waals surface area contributed by atoms with Crippen LogP contribution in [-0.2, 0) is 11.2 Å². The largest absolute Gasteiger partial charge is 0.334 e. The van der Waals surface area contributed by atoms with Crippen molar-refractivity contribution in [1.29, 1.82) is 0 Å². The van der Waals surface area contributed by atoms with Crippen molar-refractivity contribution in [2.45, 2.75) is 12.5 Å². The maximum absolute atomic E-state index is 13.1. The van der Waals surface area contributed by atoms with Crippen LogP contribution in [-0.4, -0.2) is 22.8 Å². The highest BCUT2D eigenvalue weighted by Gasteiger charge is 2.24. The molecule has 0 unspecified atom stereocenters. The van der Waals surface area contributed by atoms with Gasteiger partial charge in [-0.3, -0.25) is 4.79 Å². The van der Waals surface area contributed by atoms with Crippen molar-refractivity contribution in [1.82, 2.24) is 9.88 Å². The number of rotatable bonds is 6. The number of thiazole rings is 1. The Morgan fingerprint density at radius 3 is 1.93 bits per heavy atom. The van der Waals surface area contributed by atoms with E-state index in [2.05, 4.69) is 29.2 Å². The van der Waals surface area contributed by atoms with Gasteiger partial charge in [0.1, 0.15) is 5.01 Å².